The van der Waals surface area contributed by atoms with Gasteiger partial charge in [-0.15, -0.1) is 0 Å². The topological polar surface area (TPSA) is 55.1 Å². The molecule has 3 nitrogen and oxygen atoms in total. The Labute approximate surface area is 123 Å². The molecule has 20 heavy (non-hydrogen) atoms. The number of nitrogens with one attached hydrogen (secondary N) is 1. The average Bonchev–Trinajstić information content (AvgIpc) is 3.33. The van der Waals surface area contributed by atoms with E-state index >= 15 is 0 Å². The maximum absolute atomic E-state index is 12.7. The molecular weight excluding hydrogens is 248 g/mol. The number of amides is 1. The smallest absolute Gasteiger partial charge is 0.227 e. The first-order valence-corrected chi connectivity index (χ1v) is 8.63. The van der Waals surface area contributed by atoms with Crippen LogP contribution in [0.4, 0.5) is 0 Å². The van der Waals surface area contributed by atoms with Crippen molar-refractivity contribution in [3.63, 3.8) is 0 Å². The highest BCUT2D eigenvalue weighted by molar-refractivity contribution is 5.83. The molecule has 0 aliphatic heterocycles. The van der Waals surface area contributed by atoms with Crippen LogP contribution in [-0.2, 0) is 4.79 Å². The second-order valence-corrected chi connectivity index (χ2v) is 7.72. The molecule has 3 heteroatoms. The van der Waals surface area contributed by atoms with Gasteiger partial charge in [0.05, 0.1) is 5.41 Å². The highest BCUT2D eigenvalue weighted by Gasteiger charge is 2.43. The van der Waals surface area contributed by atoms with E-state index in [1.807, 2.05) is 0 Å². The minimum Gasteiger partial charge on any atom is -0.355 e. The summed E-state index contributed by atoms with van der Waals surface area (Å²) in [6.07, 6.45) is 9.81. The summed E-state index contributed by atoms with van der Waals surface area (Å²) in [5.41, 5.74) is 5.71. The molecule has 0 saturated heterocycles. The molecule has 0 radical (unpaired) electrons. The summed E-state index contributed by atoms with van der Waals surface area (Å²) in [6.45, 7) is 3.71. The summed E-state index contributed by atoms with van der Waals surface area (Å²) in [5.74, 6) is 3.58. The van der Waals surface area contributed by atoms with Crippen LogP contribution in [0.2, 0.25) is 0 Å². The van der Waals surface area contributed by atoms with Crippen LogP contribution >= 0.6 is 0 Å². The Kier molecular flexibility index (Phi) is 4.07. The number of hydrogen-bond donors (Lipinski definition) is 2. The van der Waals surface area contributed by atoms with Crippen LogP contribution in [0.5, 0.6) is 0 Å². The van der Waals surface area contributed by atoms with Crippen LogP contribution in [0.3, 0.4) is 0 Å². The number of rotatable bonds is 6. The second kappa shape index (κ2) is 5.67. The zero-order valence-electron chi connectivity index (χ0n) is 12.9. The maximum atomic E-state index is 12.7. The monoisotopic (exact) mass is 278 g/mol. The molecule has 0 aromatic carbocycles. The van der Waals surface area contributed by atoms with Crippen molar-refractivity contribution in [3.8, 4) is 0 Å². The summed E-state index contributed by atoms with van der Waals surface area (Å²) in [7, 11) is 0. The standard InChI is InChI=1S/C17H30N2O/c1-12-6-8-17(11-18,9-7-12)16(20)19-10-15(13-2-3-13)14-4-5-14/h12-15H,2-11,18H2,1H3,(H,19,20). The third-order valence-electron chi connectivity index (χ3n) is 6.06. The minimum atomic E-state index is -0.260. The predicted molar refractivity (Wildman–Crippen MR) is 81.1 cm³/mol. The molecule has 3 aliphatic rings. The van der Waals surface area contributed by atoms with Crippen molar-refractivity contribution in [2.75, 3.05) is 13.1 Å². The van der Waals surface area contributed by atoms with Gasteiger partial charge in [0, 0.05) is 13.1 Å². The summed E-state index contributed by atoms with van der Waals surface area (Å²) in [4.78, 5) is 12.7. The number of hydrogen-bond acceptors (Lipinski definition) is 2. The molecule has 0 unspecified atom stereocenters. The van der Waals surface area contributed by atoms with Gasteiger partial charge in [-0.05, 0) is 75.0 Å². The van der Waals surface area contributed by atoms with Gasteiger partial charge in [-0.3, -0.25) is 4.79 Å². The third kappa shape index (κ3) is 3.03. The maximum Gasteiger partial charge on any atom is 0.227 e. The quantitative estimate of drug-likeness (QED) is 0.785. The Hall–Kier alpha value is -0.570. The molecule has 0 heterocycles. The van der Waals surface area contributed by atoms with Crippen LogP contribution in [0.15, 0.2) is 0 Å². The van der Waals surface area contributed by atoms with E-state index in [0.717, 1.165) is 55.9 Å². The van der Waals surface area contributed by atoms with Crippen molar-refractivity contribution in [2.45, 2.75) is 58.3 Å². The Morgan fingerprint density at radius 3 is 2.15 bits per heavy atom. The van der Waals surface area contributed by atoms with Crippen LogP contribution in [0.25, 0.3) is 0 Å². The largest absolute Gasteiger partial charge is 0.355 e. The van der Waals surface area contributed by atoms with E-state index in [9.17, 15) is 4.79 Å². The average molecular weight is 278 g/mol. The molecule has 1 amide bonds. The lowest BCUT2D eigenvalue weighted by Crippen LogP contribution is -2.49. The van der Waals surface area contributed by atoms with E-state index in [2.05, 4.69) is 12.2 Å². The molecule has 3 aliphatic carbocycles. The van der Waals surface area contributed by atoms with Gasteiger partial charge in [0.1, 0.15) is 0 Å². The molecule has 0 aromatic heterocycles. The predicted octanol–water partition coefficient (Wildman–Crippen LogP) is 2.69. The molecule has 3 rings (SSSR count). The molecule has 3 fully saturated rings. The first-order chi connectivity index (χ1) is 9.64. The number of carbonyl (C=O) groups is 1. The minimum absolute atomic E-state index is 0.248. The Balaban J connectivity index is 1.54. The van der Waals surface area contributed by atoms with Gasteiger partial charge < -0.3 is 11.1 Å². The van der Waals surface area contributed by atoms with E-state index in [-0.39, 0.29) is 11.3 Å². The van der Waals surface area contributed by atoms with Gasteiger partial charge in [0.25, 0.3) is 0 Å². The summed E-state index contributed by atoms with van der Waals surface area (Å²) in [5, 5.41) is 3.28. The van der Waals surface area contributed by atoms with Gasteiger partial charge in [-0.25, -0.2) is 0 Å². The van der Waals surface area contributed by atoms with Crippen molar-refractivity contribution in [3.05, 3.63) is 0 Å². The van der Waals surface area contributed by atoms with Crippen molar-refractivity contribution >= 4 is 5.91 Å². The number of nitrogens with two attached hydrogens (primary N) is 1. The molecule has 3 N–H and O–H groups in total. The van der Waals surface area contributed by atoms with Gasteiger partial charge in [-0.2, -0.15) is 0 Å². The molecule has 0 atom stereocenters. The van der Waals surface area contributed by atoms with Crippen LogP contribution < -0.4 is 11.1 Å². The van der Waals surface area contributed by atoms with Crippen LogP contribution in [0, 0.1) is 29.1 Å². The molecule has 0 spiro atoms. The normalized spacial score (nSPS) is 34.2. The van der Waals surface area contributed by atoms with E-state index in [1.165, 1.54) is 25.7 Å². The molecule has 3 saturated carbocycles. The van der Waals surface area contributed by atoms with E-state index < -0.39 is 0 Å². The summed E-state index contributed by atoms with van der Waals surface area (Å²) >= 11 is 0. The van der Waals surface area contributed by atoms with Crippen molar-refractivity contribution in [2.24, 2.45) is 34.8 Å². The molecule has 114 valence electrons. The molecule has 0 aromatic rings. The van der Waals surface area contributed by atoms with Crippen molar-refractivity contribution < 1.29 is 4.79 Å². The van der Waals surface area contributed by atoms with Gasteiger partial charge in [0.2, 0.25) is 5.91 Å². The summed E-state index contributed by atoms with van der Waals surface area (Å²) < 4.78 is 0. The van der Waals surface area contributed by atoms with Crippen LogP contribution in [-0.4, -0.2) is 19.0 Å². The van der Waals surface area contributed by atoms with Gasteiger partial charge >= 0.3 is 0 Å². The molecular formula is C17H30N2O. The summed E-state index contributed by atoms with van der Waals surface area (Å²) in [6, 6.07) is 0. The van der Waals surface area contributed by atoms with E-state index in [1.54, 1.807) is 0 Å². The van der Waals surface area contributed by atoms with E-state index in [4.69, 9.17) is 5.73 Å². The Morgan fingerprint density at radius 1 is 1.15 bits per heavy atom. The third-order valence-corrected chi connectivity index (χ3v) is 6.06. The fourth-order valence-corrected chi connectivity index (χ4v) is 4.00. The lowest BCUT2D eigenvalue weighted by molar-refractivity contribution is -0.133. The van der Waals surface area contributed by atoms with E-state index in [0.29, 0.717) is 6.54 Å². The zero-order valence-corrected chi connectivity index (χ0v) is 12.9. The molecule has 0 bridgehead atoms. The second-order valence-electron chi connectivity index (χ2n) is 7.72. The SMILES string of the molecule is CC1CCC(CN)(C(=O)NCC(C2CC2)C2CC2)CC1. The lowest BCUT2D eigenvalue weighted by atomic mass is 9.70. The number of carbonyl (C=O) groups excluding carboxylic acids is 1. The zero-order chi connectivity index (χ0) is 14.2. The first kappa shape index (κ1) is 14.4. The van der Waals surface area contributed by atoms with Gasteiger partial charge in [0.15, 0.2) is 0 Å². The Morgan fingerprint density at radius 2 is 1.70 bits per heavy atom. The van der Waals surface area contributed by atoms with Crippen molar-refractivity contribution in [1.82, 2.24) is 5.32 Å². The van der Waals surface area contributed by atoms with Crippen LogP contribution in [0.1, 0.15) is 58.3 Å². The fourth-order valence-electron chi connectivity index (χ4n) is 4.00. The Bertz CT molecular complexity index is 340. The first-order valence-electron chi connectivity index (χ1n) is 8.63. The van der Waals surface area contributed by atoms with Gasteiger partial charge in [-0.1, -0.05) is 6.92 Å². The lowest BCUT2D eigenvalue weighted by Gasteiger charge is -2.37. The highest BCUT2D eigenvalue weighted by Crippen LogP contribution is 2.49. The fraction of sp³-hybridized carbons (Fsp3) is 0.941. The van der Waals surface area contributed by atoms with Crippen molar-refractivity contribution in [1.29, 1.82) is 0 Å². The highest BCUT2D eigenvalue weighted by atomic mass is 16.2.